The van der Waals surface area contributed by atoms with Crippen molar-refractivity contribution >= 4 is 31.9 Å². The summed E-state index contributed by atoms with van der Waals surface area (Å²) in [5, 5.41) is 3.67. The third-order valence-corrected chi connectivity index (χ3v) is 4.34. The molecule has 1 atom stereocenters. The molecule has 1 aromatic carbocycles. The number of rotatable bonds is 6. The third kappa shape index (κ3) is 6.42. The zero-order chi connectivity index (χ0) is 14.5. The van der Waals surface area contributed by atoms with Gasteiger partial charge in [0.05, 0.1) is 0 Å². The highest BCUT2D eigenvalue weighted by Gasteiger charge is 2.18. The van der Waals surface area contributed by atoms with Crippen LogP contribution >= 0.6 is 31.9 Å². The van der Waals surface area contributed by atoms with Gasteiger partial charge >= 0.3 is 0 Å². The van der Waals surface area contributed by atoms with E-state index in [0.717, 1.165) is 11.0 Å². The van der Waals surface area contributed by atoms with Crippen LogP contribution in [0.1, 0.15) is 58.6 Å². The van der Waals surface area contributed by atoms with Gasteiger partial charge in [0.15, 0.2) is 0 Å². The second kappa shape index (κ2) is 7.80. The predicted octanol–water partition coefficient (Wildman–Crippen LogP) is 6.08. The number of nitrogens with one attached hydrogen (secondary N) is 1. The summed E-state index contributed by atoms with van der Waals surface area (Å²) < 4.78 is 2.30. The van der Waals surface area contributed by atoms with Gasteiger partial charge in [0.25, 0.3) is 0 Å². The van der Waals surface area contributed by atoms with Crippen molar-refractivity contribution in [3.8, 4) is 0 Å². The molecule has 3 heteroatoms. The standard InChI is InChI=1S/C16H25Br2N/c1-5-10-19-15(8-9-16(2,3)4)13-7-6-12(17)11-14(13)18/h6-7,11,15,19H,5,8-10H2,1-4H3. The van der Waals surface area contributed by atoms with Crippen molar-refractivity contribution in [3.63, 3.8) is 0 Å². The van der Waals surface area contributed by atoms with Crippen LogP contribution in [-0.2, 0) is 0 Å². The zero-order valence-corrected chi connectivity index (χ0v) is 15.6. The smallest absolute Gasteiger partial charge is 0.0331 e. The molecule has 0 amide bonds. The first-order valence-corrected chi connectivity index (χ1v) is 8.60. The molecular formula is C16H25Br2N. The average molecular weight is 391 g/mol. The second-order valence-corrected chi connectivity index (χ2v) is 8.04. The van der Waals surface area contributed by atoms with Gasteiger partial charge in [-0.25, -0.2) is 0 Å². The fourth-order valence-electron chi connectivity index (χ4n) is 2.05. The lowest BCUT2D eigenvalue weighted by molar-refractivity contribution is 0.332. The van der Waals surface area contributed by atoms with Crippen molar-refractivity contribution < 1.29 is 0 Å². The maximum atomic E-state index is 3.69. The van der Waals surface area contributed by atoms with Crippen molar-refractivity contribution in [2.24, 2.45) is 5.41 Å². The van der Waals surface area contributed by atoms with E-state index >= 15 is 0 Å². The highest BCUT2D eigenvalue weighted by Crippen LogP contribution is 2.32. The Hall–Kier alpha value is 0.140. The van der Waals surface area contributed by atoms with Gasteiger partial charge in [-0.3, -0.25) is 0 Å². The van der Waals surface area contributed by atoms with E-state index in [1.807, 2.05) is 0 Å². The van der Waals surface area contributed by atoms with E-state index in [2.05, 4.69) is 83.1 Å². The van der Waals surface area contributed by atoms with Gasteiger partial charge in [-0.1, -0.05) is 65.6 Å². The van der Waals surface area contributed by atoms with Crippen LogP contribution in [0.4, 0.5) is 0 Å². The molecule has 0 aliphatic heterocycles. The van der Waals surface area contributed by atoms with Crippen LogP contribution in [-0.4, -0.2) is 6.54 Å². The van der Waals surface area contributed by atoms with E-state index in [1.54, 1.807) is 0 Å². The molecule has 0 spiro atoms. The normalized spacial score (nSPS) is 13.6. The van der Waals surface area contributed by atoms with Crippen molar-refractivity contribution in [2.75, 3.05) is 6.54 Å². The fraction of sp³-hybridized carbons (Fsp3) is 0.625. The van der Waals surface area contributed by atoms with Crippen LogP contribution in [0.3, 0.4) is 0 Å². The average Bonchev–Trinajstić information content (AvgIpc) is 2.29. The summed E-state index contributed by atoms with van der Waals surface area (Å²) in [7, 11) is 0. The maximum Gasteiger partial charge on any atom is 0.0331 e. The largest absolute Gasteiger partial charge is 0.310 e. The van der Waals surface area contributed by atoms with Crippen LogP contribution in [0.25, 0.3) is 0 Å². The Morgan fingerprint density at radius 3 is 2.42 bits per heavy atom. The molecule has 1 N–H and O–H groups in total. The highest BCUT2D eigenvalue weighted by molar-refractivity contribution is 9.11. The number of hydrogen-bond acceptors (Lipinski definition) is 1. The van der Waals surface area contributed by atoms with Gasteiger partial charge in [-0.2, -0.15) is 0 Å². The van der Waals surface area contributed by atoms with Crippen LogP contribution in [0.2, 0.25) is 0 Å². The SMILES string of the molecule is CCCNC(CCC(C)(C)C)c1ccc(Br)cc1Br. The Labute approximate surface area is 134 Å². The summed E-state index contributed by atoms with van der Waals surface area (Å²) >= 11 is 7.21. The first-order valence-electron chi connectivity index (χ1n) is 7.02. The Morgan fingerprint density at radius 1 is 1.21 bits per heavy atom. The molecule has 108 valence electrons. The van der Waals surface area contributed by atoms with E-state index in [9.17, 15) is 0 Å². The Balaban J connectivity index is 2.83. The Kier molecular flexibility index (Phi) is 7.06. The lowest BCUT2D eigenvalue weighted by Gasteiger charge is -2.25. The molecule has 1 nitrogen and oxygen atoms in total. The van der Waals surface area contributed by atoms with E-state index < -0.39 is 0 Å². The fourth-order valence-corrected chi connectivity index (χ4v) is 3.37. The molecular weight excluding hydrogens is 366 g/mol. The minimum Gasteiger partial charge on any atom is -0.310 e. The molecule has 0 aliphatic rings. The molecule has 1 unspecified atom stereocenters. The molecule has 0 saturated heterocycles. The molecule has 1 aromatic rings. The van der Waals surface area contributed by atoms with Gasteiger partial charge in [-0.15, -0.1) is 0 Å². The van der Waals surface area contributed by atoms with Crippen molar-refractivity contribution in [1.29, 1.82) is 0 Å². The maximum absolute atomic E-state index is 3.69. The van der Waals surface area contributed by atoms with Crippen molar-refractivity contribution in [1.82, 2.24) is 5.32 Å². The minimum atomic E-state index is 0.383. The minimum absolute atomic E-state index is 0.383. The van der Waals surface area contributed by atoms with Gasteiger partial charge < -0.3 is 5.32 Å². The highest BCUT2D eigenvalue weighted by atomic mass is 79.9. The van der Waals surface area contributed by atoms with Crippen molar-refractivity contribution in [3.05, 3.63) is 32.7 Å². The number of hydrogen-bond donors (Lipinski definition) is 1. The summed E-state index contributed by atoms with van der Waals surface area (Å²) in [6, 6.07) is 6.90. The molecule has 0 fully saturated rings. The molecule has 19 heavy (non-hydrogen) atoms. The van der Waals surface area contributed by atoms with Crippen molar-refractivity contribution in [2.45, 2.75) is 53.0 Å². The number of benzene rings is 1. The van der Waals surface area contributed by atoms with Gasteiger partial charge in [0, 0.05) is 15.0 Å². The van der Waals surface area contributed by atoms with Gasteiger partial charge in [-0.05, 0) is 48.9 Å². The van der Waals surface area contributed by atoms with E-state index in [0.29, 0.717) is 11.5 Å². The molecule has 0 bridgehead atoms. The molecule has 0 aromatic heterocycles. The van der Waals surface area contributed by atoms with E-state index in [-0.39, 0.29) is 0 Å². The Morgan fingerprint density at radius 2 is 1.89 bits per heavy atom. The van der Waals surface area contributed by atoms with Crippen LogP contribution in [0.5, 0.6) is 0 Å². The van der Waals surface area contributed by atoms with Crippen LogP contribution in [0, 0.1) is 5.41 Å². The predicted molar refractivity (Wildman–Crippen MR) is 91.6 cm³/mol. The molecule has 0 saturated carbocycles. The molecule has 1 rings (SSSR count). The summed E-state index contributed by atoms with van der Waals surface area (Å²) in [5.41, 5.74) is 1.74. The lowest BCUT2D eigenvalue weighted by atomic mass is 9.87. The summed E-state index contributed by atoms with van der Waals surface area (Å²) in [6.45, 7) is 10.2. The molecule has 0 radical (unpaired) electrons. The monoisotopic (exact) mass is 389 g/mol. The van der Waals surface area contributed by atoms with Gasteiger partial charge in [0.1, 0.15) is 0 Å². The summed E-state index contributed by atoms with van der Waals surface area (Å²) in [6.07, 6.45) is 3.56. The van der Waals surface area contributed by atoms with Crippen LogP contribution < -0.4 is 5.32 Å². The topological polar surface area (TPSA) is 12.0 Å². The van der Waals surface area contributed by atoms with E-state index in [4.69, 9.17) is 0 Å². The molecule has 0 aliphatic carbocycles. The molecule has 0 heterocycles. The van der Waals surface area contributed by atoms with Gasteiger partial charge in [0.2, 0.25) is 0 Å². The lowest BCUT2D eigenvalue weighted by Crippen LogP contribution is -2.24. The van der Waals surface area contributed by atoms with E-state index in [1.165, 1.54) is 29.3 Å². The third-order valence-electron chi connectivity index (χ3n) is 3.16. The zero-order valence-electron chi connectivity index (χ0n) is 12.4. The summed E-state index contributed by atoms with van der Waals surface area (Å²) in [4.78, 5) is 0. The quantitative estimate of drug-likeness (QED) is 0.620. The second-order valence-electron chi connectivity index (χ2n) is 6.27. The van der Waals surface area contributed by atoms with Crippen LogP contribution in [0.15, 0.2) is 27.1 Å². The first kappa shape index (κ1) is 17.2. The first-order chi connectivity index (χ1) is 8.83. The summed E-state index contributed by atoms with van der Waals surface area (Å²) in [5.74, 6) is 0. The Bertz CT molecular complexity index is 396. The number of halogens is 2.